The lowest BCUT2D eigenvalue weighted by molar-refractivity contribution is -0.136. The van der Waals surface area contributed by atoms with Crippen molar-refractivity contribution in [3.63, 3.8) is 0 Å². The molecule has 1 aliphatic rings. The zero-order valence-corrected chi connectivity index (χ0v) is 18.3. The third-order valence-corrected chi connectivity index (χ3v) is 6.12. The third kappa shape index (κ3) is 5.23. The van der Waals surface area contributed by atoms with E-state index in [1.165, 1.54) is 16.7 Å². The molecule has 0 radical (unpaired) electrons. The smallest absolute Gasteiger partial charge is 0.267 e. The Labute approximate surface area is 184 Å². The molecular weight excluding hydrogens is 429 g/mol. The number of nitrogens with zero attached hydrogens (tertiary/aromatic N) is 1. The first kappa shape index (κ1) is 21.9. The molecule has 2 aromatic carbocycles. The van der Waals surface area contributed by atoms with Crippen molar-refractivity contribution in [1.29, 1.82) is 0 Å². The van der Waals surface area contributed by atoms with Crippen molar-refractivity contribution in [2.75, 3.05) is 19.8 Å². The molecule has 7 heteroatoms. The first-order valence-corrected chi connectivity index (χ1v) is 11.1. The average molecular weight is 450 g/mol. The van der Waals surface area contributed by atoms with Crippen LogP contribution >= 0.6 is 35.0 Å². The van der Waals surface area contributed by atoms with Crippen LogP contribution in [0.2, 0.25) is 10.0 Å². The highest BCUT2D eigenvalue weighted by atomic mass is 35.5. The van der Waals surface area contributed by atoms with Crippen LogP contribution in [0, 0.1) is 0 Å². The van der Waals surface area contributed by atoms with E-state index in [1.54, 1.807) is 18.2 Å². The molecule has 1 heterocycles. The number of thioether (sulfide) groups is 1. The molecular formula is C22H21Cl2NO3S. The second-order valence-electron chi connectivity index (χ2n) is 6.41. The summed E-state index contributed by atoms with van der Waals surface area (Å²) in [5, 5.41) is 0.825. The number of hydrogen-bond donors (Lipinski definition) is 0. The van der Waals surface area contributed by atoms with Crippen LogP contribution in [0.4, 0.5) is 0 Å². The minimum Gasteiger partial charge on any atom is -0.382 e. The van der Waals surface area contributed by atoms with Crippen LogP contribution in [-0.2, 0) is 20.1 Å². The van der Waals surface area contributed by atoms with Gasteiger partial charge >= 0.3 is 0 Å². The Balaban J connectivity index is 1.90. The second-order valence-corrected chi connectivity index (χ2v) is 8.24. The maximum absolute atomic E-state index is 13.1. The van der Waals surface area contributed by atoms with Crippen LogP contribution in [0.3, 0.4) is 0 Å². The molecule has 152 valence electrons. The number of ether oxygens (including phenoxy) is 1. The predicted octanol–water partition coefficient (Wildman–Crippen LogP) is 5.43. The monoisotopic (exact) mass is 449 g/mol. The van der Waals surface area contributed by atoms with Gasteiger partial charge in [0.05, 0.1) is 15.5 Å². The van der Waals surface area contributed by atoms with Crippen LogP contribution in [-0.4, -0.2) is 36.5 Å². The van der Waals surface area contributed by atoms with Gasteiger partial charge in [-0.1, -0.05) is 59.6 Å². The number of halogens is 2. The topological polar surface area (TPSA) is 46.6 Å². The first-order valence-electron chi connectivity index (χ1n) is 9.33. The van der Waals surface area contributed by atoms with E-state index >= 15 is 0 Å². The van der Waals surface area contributed by atoms with Crippen molar-refractivity contribution in [2.24, 2.45) is 0 Å². The summed E-state index contributed by atoms with van der Waals surface area (Å²) in [6.07, 6.45) is 0.587. The fraction of sp³-hybridized carbons (Fsp3) is 0.273. The molecule has 0 unspecified atom stereocenters. The van der Waals surface area contributed by atoms with Crippen molar-refractivity contribution in [1.82, 2.24) is 4.90 Å². The number of benzene rings is 2. The number of carbonyl (C=O) groups excluding carboxylic acids is 2. The van der Waals surface area contributed by atoms with Crippen molar-refractivity contribution in [3.8, 4) is 0 Å². The van der Waals surface area contributed by atoms with Crippen molar-refractivity contribution in [3.05, 3.63) is 74.6 Å². The maximum atomic E-state index is 13.1. The van der Waals surface area contributed by atoms with Gasteiger partial charge in [-0.15, -0.1) is 11.8 Å². The van der Waals surface area contributed by atoms with Crippen LogP contribution in [0.1, 0.15) is 24.5 Å². The lowest BCUT2D eigenvalue weighted by Crippen LogP contribution is -2.33. The summed E-state index contributed by atoms with van der Waals surface area (Å²) in [5.74, 6) is -0.0313. The maximum Gasteiger partial charge on any atom is 0.267 e. The molecule has 1 aliphatic heterocycles. The van der Waals surface area contributed by atoms with E-state index in [0.717, 1.165) is 5.56 Å². The van der Waals surface area contributed by atoms with E-state index in [4.69, 9.17) is 27.9 Å². The molecule has 0 bridgehead atoms. The lowest BCUT2D eigenvalue weighted by Gasteiger charge is -2.15. The Morgan fingerprint density at radius 1 is 1.03 bits per heavy atom. The van der Waals surface area contributed by atoms with E-state index in [-0.39, 0.29) is 11.8 Å². The molecule has 3 rings (SSSR count). The number of carbonyl (C=O) groups is 2. The van der Waals surface area contributed by atoms with Gasteiger partial charge in [-0.05, 0) is 31.0 Å². The Morgan fingerprint density at radius 2 is 1.79 bits per heavy atom. The van der Waals surface area contributed by atoms with Crippen LogP contribution in [0.5, 0.6) is 0 Å². The Hall–Kier alpha value is -1.79. The zero-order valence-electron chi connectivity index (χ0n) is 16.0. The van der Waals surface area contributed by atoms with Gasteiger partial charge in [-0.2, -0.15) is 0 Å². The first-order chi connectivity index (χ1) is 14.0. The molecule has 0 saturated carbocycles. The Kier molecular flexibility index (Phi) is 7.78. The number of rotatable bonds is 9. The zero-order chi connectivity index (χ0) is 20.8. The molecule has 0 aromatic heterocycles. The van der Waals surface area contributed by atoms with Gasteiger partial charge in [0.25, 0.3) is 11.8 Å². The summed E-state index contributed by atoms with van der Waals surface area (Å²) in [7, 11) is 0. The van der Waals surface area contributed by atoms with Crippen LogP contribution in [0.15, 0.2) is 53.4 Å². The minimum absolute atomic E-state index is 0.284. The molecule has 0 saturated heterocycles. The van der Waals surface area contributed by atoms with Crippen molar-refractivity contribution < 1.29 is 14.3 Å². The highest BCUT2D eigenvalue weighted by Crippen LogP contribution is 2.40. The van der Waals surface area contributed by atoms with Gasteiger partial charge < -0.3 is 4.74 Å². The molecule has 0 spiro atoms. The number of hydrogen-bond acceptors (Lipinski definition) is 4. The molecule has 0 fully saturated rings. The van der Waals surface area contributed by atoms with E-state index < -0.39 is 0 Å². The van der Waals surface area contributed by atoms with E-state index in [2.05, 4.69) is 0 Å². The van der Waals surface area contributed by atoms with Crippen molar-refractivity contribution in [2.45, 2.75) is 19.1 Å². The fourth-order valence-corrected chi connectivity index (χ4v) is 4.60. The third-order valence-electron chi connectivity index (χ3n) is 4.43. The Morgan fingerprint density at radius 3 is 2.48 bits per heavy atom. The van der Waals surface area contributed by atoms with E-state index in [0.29, 0.717) is 58.0 Å². The summed E-state index contributed by atoms with van der Waals surface area (Å²) in [4.78, 5) is 27.9. The van der Waals surface area contributed by atoms with Gasteiger partial charge in [0.1, 0.15) is 0 Å². The van der Waals surface area contributed by atoms with Gasteiger partial charge in [0.2, 0.25) is 0 Å². The van der Waals surface area contributed by atoms with Crippen LogP contribution < -0.4 is 0 Å². The van der Waals surface area contributed by atoms with E-state index in [1.807, 2.05) is 37.3 Å². The van der Waals surface area contributed by atoms with Gasteiger partial charge in [-0.3, -0.25) is 14.5 Å². The molecule has 0 atom stereocenters. The minimum atomic E-state index is -0.328. The van der Waals surface area contributed by atoms with E-state index in [9.17, 15) is 9.59 Å². The quantitative estimate of drug-likeness (QED) is 0.378. The fourth-order valence-electron chi connectivity index (χ4n) is 3.02. The number of imide groups is 1. The molecule has 0 aliphatic carbocycles. The lowest BCUT2D eigenvalue weighted by atomic mass is 10.1. The SMILES string of the molecule is CCOCCCN1C(=O)C(SCc2ccccc2)=C(c2ccc(Cl)cc2Cl)C1=O. The molecule has 2 amide bonds. The van der Waals surface area contributed by atoms with Gasteiger partial charge in [-0.25, -0.2) is 0 Å². The summed E-state index contributed by atoms with van der Waals surface area (Å²) < 4.78 is 5.34. The second kappa shape index (κ2) is 10.3. The molecule has 2 aromatic rings. The van der Waals surface area contributed by atoms with Gasteiger partial charge in [0.15, 0.2) is 0 Å². The predicted molar refractivity (Wildman–Crippen MR) is 119 cm³/mol. The van der Waals surface area contributed by atoms with Crippen molar-refractivity contribution >= 4 is 52.4 Å². The highest BCUT2D eigenvalue weighted by molar-refractivity contribution is 8.03. The largest absolute Gasteiger partial charge is 0.382 e. The summed E-state index contributed by atoms with van der Waals surface area (Å²) >= 11 is 13.7. The normalized spacial score (nSPS) is 14.2. The molecule has 29 heavy (non-hydrogen) atoms. The summed E-state index contributed by atoms with van der Waals surface area (Å²) in [6, 6.07) is 14.8. The molecule has 0 N–H and O–H groups in total. The average Bonchev–Trinajstić information content (AvgIpc) is 2.94. The molecule has 4 nitrogen and oxygen atoms in total. The van der Waals surface area contributed by atoms with Crippen LogP contribution in [0.25, 0.3) is 5.57 Å². The summed E-state index contributed by atoms with van der Waals surface area (Å²) in [5.41, 5.74) is 1.94. The standard InChI is InChI=1S/C22H21Cl2NO3S/c1-2-28-12-6-11-25-21(26)19(17-10-9-16(23)13-18(17)24)20(22(25)27)29-14-15-7-4-3-5-8-15/h3-5,7-10,13H,2,6,11-12,14H2,1H3. The number of amides is 2. The summed E-state index contributed by atoms with van der Waals surface area (Å²) in [6.45, 7) is 3.31. The Bertz CT molecular complexity index is 931. The van der Waals surface area contributed by atoms with Gasteiger partial charge in [0, 0.05) is 36.1 Å². The highest BCUT2D eigenvalue weighted by Gasteiger charge is 2.39.